The third-order valence-corrected chi connectivity index (χ3v) is 4.06. The van der Waals surface area contributed by atoms with Crippen molar-refractivity contribution in [2.24, 2.45) is 17.6 Å². The standard InChI is InChI=1S/C12H20N2O2/c1-12(2,3)16-11(15)14-9-5-8(13)10(14)7-4-6(7)9/h6-10H,4-5,13H2,1-3H3. The number of nitrogens with two attached hydrogens (primary N) is 1. The van der Waals surface area contributed by atoms with Crippen molar-refractivity contribution in [3.8, 4) is 0 Å². The number of fused-ring (bicyclic) bond motifs is 5. The Morgan fingerprint density at radius 3 is 2.56 bits per heavy atom. The molecule has 2 N–H and O–H groups in total. The molecule has 0 spiro atoms. The molecule has 0 radical (unpaired) electrons. The van der Waals surface area contributed by atoms with E-state index in [0.717, 1.165) is 12.3 Å². The minimum atomic E-state index is -0.409. The van der Waals surface area contributed by atoms with E-state index in [2.05, 4.69) is 0 Å². The van der Waals surface area contributed by atoms with Gasteiger partial charge in [-0.15, -0.1) is 0 Å². The average Bonchev–Trinajstić information content (AvgIpc) is 2.75. The van der Waals surface area contributed by atoms with Gasteiger partial charge in [0.25, 0.3) is 0 Å². The lowest BCUT2D eigenvalue weighted by Gasteiger charge is -2.29. The molecule has 3 fully saturated rings. The van der Waals surface area contributed by atoms with Gasteiger partial charge in [0, 0.05) is 12.1 Å². The monoisotopic (exact) mass is 224 g/mol. The fraction of sp³-hybridized carbons (Fsp3) is 0.917. The topological polar surface area (TPSA) is 55.6 Å². The summed E-state index contributed by atoms with van der Waals surface area (Å²) in [7, 11) is 0. The molecule has 0 aromatic carbocycles. The van der Waals surface area contributed by atoms with E-state index in [9.17, 15) is 4.79 Å². The zero-order valence-electron chi connectivity index (χ0n) is 10.1. The summed E-state index contributed by atoms with van der Waals surface area (Å²) in [6.07, 6.45) is 2.07. The molecule has 4 nitrogen and oxygen atoms in total. The molecule has 90 valence electrons. The van der Waals surface area contributed by atoms with Gasteiger partial charge in [0.05, 0.1) is 6.04 Å². The van der Waals surface area contributed by atoms with E-state index in [4.69, 9.17) is 10.5 Å². The highest BCUT2D eigenvalue weighted by atomic mass is 16.6. The molecule has 5 atom stereocenters. The first-order valence-corrected chi connectivity index (χ1v) is 6.15. The van der Waals surface area contributed by atoms with Crippen molar-refractivity contribution in [2.45, 2.75) is 57.3 Å². The predicted octanol–water partition coefficient (Wildman–Crippen LogP) is 1.34. The molecule has 16 heavy (non-hydrogen) atoms. The van der Waals surface area contributed by atoms with Gasteiger partial charge in [-0.2, -0.15) is 0 Å². The molecule has 4 heteroatoms. The van der Waals surface area contributed by atoms with E-state index in [1.54, 1.807) is 0 Å². The number of ether oxygens (including phenoxy) is 1. The van der Waals surface area contributed by atoms with Crippen LogP contribution >= 0.6 is 0 Å². The molecule has 0 aromatic rings. The minimum absolute atomic E-state index is 0.164. The lowest BCUT2D eigenvalue weighted by atomic mass is 9.96. The maximum Gasteiger partial charge on any atom is 0.410 e. The summed E-state index contributed by atoms with van der Waals surface area (Å²) in [4.78, 5) is 14.0. The zero-order chi connectivity index (χ0) is 11.7. The van der Waals surface area contributed by atoms with Crippen LogP contribution in [-0.4, -0.2) is 34.7 Å². The van der Waals surface area contributed by atoms with Crippen LogP contribution in [0.15, 0.2) is 0 Å². The molecule has 1 saturated carbocycles. The fourth-order valence-electron chi connectivity index (χ4n) is 3.51. The molecular weight excluding hydrogens is 204 g/mol. The second kappa shape index (κ2) is 2.92. The second-order valence-corrected chi connectivity index (χ2v) is 6.41. The van der Waals surface area contributed by atoms with Crippen molar-refractivity contribution < 1.29 is 9.53 Å². The summed E-state index contributed by atoms with van der Waals surface area (Å²) < 4.78 is 5.45. The number of piperidine rings is 1. The molecule has 0 aromatic heterocycles. The Hall–Kier alpha value is -0.770. The van der Waals surface area contributed by atoms with E-state index in [1.807, 2.05) is 25.7 Å². The Bertz CT molecular complexity index is 334. The first-order chi connectivity index (χ1) is 7.38. The Kier molecular flexibility index (Phi) is 1.89. The highest BCUT2D eigenvalue weighted by molar-refractivity contribution is 5.71. The third-order valence-electron chi connectivity index (χ3n) is 4.06. The van der Waals surface area contributed by atoms with Crippen LogP contribution in [0.1, 0.15) is 33.6 Å². The van der Waals surface area contributed by atoms with Crippen LogP contribution in [0.3, 0.4) is 0 Å². The fourth-order valence-corrected chi connectivity index (χ4v) is 3.51. The van der Waals surface area contributed by atoms with Crippen LogP contribution < -0.4 is 5.73 Å². The van der Waals surface area contributed by atoms with Crippen LogP contribution in [0.4, 0.5) is 4.79 Å². The molecule has 3 aliphatic rings. The van der Waals surface area contributed by atoms with E-state index < -0.39 is 5.60 Å². The van der Waals surface area contributed by atoms with Crippen LogP contribution in [0.2, 0.25) is 0 Å². The number of nitrogens with zero attached hydrogens (tertiary/aromatic N) is 1. The summed E-state index contributed by atoms with van der Waals surface area (Å²) in [6, 6.07) is 0.783. The molecule has 1 aliphatic carbocycles. The molecule has 1 amide bonds. The molecule has 3 rings (SSSR count). The van der Waals surface area contributed by atoms with Crippen molar-refractivity contribution in [2.75, 3.05) is 0 Å². The number of hydrogen-bond acceptors (Lipinski definition) is 3. The number of rotatable bonds is 0. The van der Waals surface area contributed by atoms with Crippen LogP contribution in [0.5, 0.6) is 0 Å². The highest BCUT2D eigenvalue weighted by Crippen LogP contribution is 2.59. The average molecular weight is 224 g/mol. The van der Waals surface area contributed by atoms with E-state index in [-0.39, 0.29) is 18.2 Å². The van der Waals surface area contributed by atoms with Gasteiger partial charge in [0.1, 0.15) is 5.60 Å². The predicted molar refractivity (Wildman–Crippen MR) is 59.8 cm³/mol. The van der Waals surface area contributed by atoms with Gasteiger partial charge in [-0.1, -0.05) is 0 Å². The first-order valence-electron chi connectivity index (χ1n) is 6.15. The van der Waals surface area contributed by atoms with Crippen LogP contribution in [0, 0.1) is 11.8 Å². The highest BCUT2D eigenvalue weighted by Gasteiger charge is 2.66. The number of carbonyl (C=O) groups is 1. The molecular formula is C12H20N2O2. The smallest absolute Gasteiger partial charge is 0.410 e. The third kappa shape index (κ3) is 1.35. The maximum absolute atomic E-state index is 12.1. The minimum Gasteiger partial charge on any atom is -0.444 e. The normalized spacial score (nSPS) is 44.5. The van der Waals surface area contributed by atoms with Crippen molar-refractivity contribution in [3.05, 3.63) is 0 Å². The van der Waals surface area contributed by atoms with Crippen molar-refractivity contribution in [3.63, 3.8) is 0 Å². The van der Waals surface area contributed by atoms with Gasteiger partial charge < -0.3 is 15.4 Å². The van der Waals surface area contributed by atoms with Gasteiger partial charge in [0.15, 0.2) is 0 Å². The maximum atomic E-state index is 12.1. The molecule has 2 aliphatic heterocycles. The summed E-state index contributed by atoms with van der Waals surface area (Å²) in [6.45, 7) is 5.72. The first kappa shape index (κ1) is 10.4. The Balaban J connectivity index is 1.75. The van der Waals surface area contributed by atoms with Crippen LogP contribution in [-0.2, 0) is 4.74 Å². The van der Waals surface area contributed by atoms with Gasteiger partial charge in [0.2, 0.25) is 0 Å². The lowest BCUT2D eigenvalue weighted by Crippen LogP contribution is -2.45. The Morgan fingerprint density at radius 1 is 1.31 bits per heavy atom. The van der Waals surface area contributed by atoms with E-state index >= 15 is 0 Å². The lowest BCUT2D eigenvalue weighted by molar-refractivity contribution is 0.0177. The number of hydrogen-bond donors (Lipinski definition) is 1. The van der Waals surface area contributed by atoms with E-state index in [1.165, 1.54) is 6.42 Å². The van der Waals surface area contributed by atoms with Gasteiger partial charge in [-0.05, 0) is 45.4 Å². The Morgan fingerprint density at radius 2 is 2.00 bits per heavy atom. The van der Waals surface area contributed by atoms with Crippen molar-refractivity contribution in [1.29, 1.82) is 0 Å². The van der Waals surface area contributed by atoms with Gasteiger partial charge in [-0.3, -0.25) is 0 Å². The van der Waals surface area contributed by atoms with Crippen molar-refractivity contribution >= 4 is 6.09 Å². The number of carbonyl (C=O) groups excluding carboxylic acids is 1. The quantitative estimate of drug-likeness (QED) is 0.675. The van der Waals surface area contributed by atoms with Crippen molar-refractivity contribution in [1.82, 2.24) is 4.90 Å². The molecule has 5 unspecified atom stereocenters. The zero-order valence-corrected chi connectivity index (χ0v) is 10.1. The molecule has 2 saturated heterocycles. The summed E-state index contributed by atoms with van der Waals surface area (Å²) in [5.74, 6) is 1.39. The summed E-state index contributed by atoms with van der Waals surface area (Å²) in [5.41, 5.74) is 5.67. The summed E-state index contributed by atoms with van der Waals surface area (Å²) in [5, 5.41) is 0. The Labute approximate surface area is 96.1 Å². The van der Waals surface area contributed by atoms with E-state index in [0.29, 0.717) is 12.0 Å². The van der Waals surface area contributed by atoms with Crippen LogP contribution in [0.25, 0.3) is 0 Å². The van der Waals surface area contributed by atoms with Gasteiger partial charge in [-0.25, -0.2) is 4.79 Å². The molecule has 2 heterocycles. The number of amides is 1. The van der Waals surface area contributed by atoms with Gasteiger partial charge >= 0.3 is 6.09 Å². The molecule has 2 bridgehead atoms. The SMILES string of the molecule is CC(C)(C)OC(=O)N1C2CC(N)C1C1CC12. The summed E-state index contributed by atoms with van der Waals surface area (Å²) >= 11 is 0. The second-order valence-electron chi connectivity index (χ2n) is 6.41. The largest absolute Gasteiger partial charge is 0.444 e.